The molecule has 0 heterocycles. The van der Waals surface area contributed by atoms with Crippen LogP contribution in [0.5, 0.6) is 0 Å². The van der Waals surface area contributed by atoms with Crippen LogP contribution in [0.4, 0.5) is 0 Å². The molecule has 0 aliphatic carbocycles. The first kappa shape index (κ1) is 13.6. The van der Waals surface area contributed by atoms with Crippen LogP contribution in [0.25, 0.3) is 0 Å². The third kappa shape index (κ3) is 4.76. The number of hydrogen-bond donors (Lipinski definition) is 0. The highest BCUT2D eigenvalue weighted by molar-refractivity contribution is 6.30. The molecule has 0 fully saturated rings. The third-order valence-electron chi connectivity index (χ3n) is 2.77. The first-order valence-electron chi connectivity index (χ1n) is 6.18. The number of hydrogen-bond acceptors (Lipinski definition) is 2. The predicted molar refractivity (Wildman–Crippen MR) is 76.0 cm³/mol. The van der Waals surface area contributed by atoms with Crippen LogP contribution < -0.4 is 0 Å². The molecule has 2 nitrogen and oxygen atoms in total. The van der Waals surface area contributed by atoms with Gasteiger partial charge in [0.15, 0.2) is 0 Å². The van der Waals surface area contributed by atoms with E-state index < -0.39 is 0 Å². The van der Waals surface area contributed by atoms with Gasteiger partial charge in [0.05, 0.1) is 0 Å². The monoisotopic (exact) mass is 274 g/mol. The van der Waals surface area contributed by atoms with E-state index in [0.29, 0.717) is 24.5 Å². The Labute approximate surface area is 118 Å². The number of ether oxygens (including phenoxy) is 1. The molecule has 0 saturated heterocycles. The normalized spacial score (nSPS) is 10.2. The SMILES string of the molecule is O=C(CCc1ccccc1)OCc1ccc(Cl)cc1. The maximum atomic E-state index is 11.6. The third-order valence-corrected chi connectivity index (χ3v) is 3.03. The lowest BCUT2D eigenvalue weighted by Crippen LogP contribution is -2.05. The van der Waals surface area contributed by atoms with Crippen LogP contribution in [0.1, 0.15) is 17.5 Å². The number of carbonyl (C=O) groups excluding carboxylic acids is 1. The van der Waals surface area contributed by atoms with Gasteiger partial charge in [0, 0.05) is 11.4 Å². The molecule has 2 aromatic rings. The fourth-order valence-electron chi connectivity index (χ4n) is 1.71. The van der Waals surface area contributed by atoms with Crippen molar-refractivity contribution in [1.29, 1.82) is 0 Å². The number of halogens is 1. The van der Waals surface area contributed by atoms with Gasteiger partial charge in [0.1, 0.15) is 6.61 Å². The zero-order chi connectivity index (χ0) is 13.5. The predicted octanol–water partition coefficient (Wildman–Crippen LogP) is 4.02. The van der Waals surface area contributed by atoms with Crippen LogP contribution in [0.2, 0.25) is 5.02 Å². The van der Waals surface area contributed by atoms with Crippen molar-refractivity contribution < 1.29 is 9.53 Å². The van der Waals surface area contributed by atoms with Crippen molar-refractivity contribution in [2.45, 2.75) is 19.4 Å². The summed E-state index contributed by atoms with van der Waals surface area (Å²) in [5.41, 5.74) is 2.09. The van der Waals surface area contributed by atoms with Crippen LogP contribution in [-0.2, 0) is 22.6 Å². The molecule has 0 unspecified atom stereocenters. The Balaban J connectivity index is 1.74. The fraction of sp³-hybridized carbons (Fsp3) is 0.188. The Bertz CT molecular complexity index is 520. The first-order valence-corrected chi connectivity index (χ1v) is 6.56. The molecule has 0 N–H and O–H groups in total. The molecule has 2 aromatic carbocycles. The molecule has 19 heavy (non-hydrogen) atoms. The maximum Gasteiger partial charge on any atom is 0.306 e. The highest BCUT2D eigenvalue weighted by atomic mass is 35.5. The average molecular weight is 275 g/mol. The Morgan fingerprint density at radius 3 is 2.32 bits per heavy atom. The standard InChI is InChI=1S/C16H15ClO2/c17-15-9-6-14(7-10-15)12-19-16(18)11-8-13-4-2-1-3-5-13/h1-7,9-10H,8,11-12H2. The largest absolute Gasteiger partial charge is 0.461 e. The lowest BCUT2D eigenvalue weighted by atomic mass is 10.1. The van der Waals surface area contributed by atoms with Gasteiger partial charge in [-0.2, -0.15) is 0 Å². The number of benzene rings is 2. The lowest BCUT2D eigenvalue weighted by Gasteiger charge is -2.05. The van der Waals surface area contributed by atoms with Crippen molar-refractivity contribution in [3.05, 3.63) is 70.7 Å². The molecule has 0 aliphatic heterocycles. The summed E-state index contributed by atoms with van der Waals surface area (Å²) in [6.45, 7) is 0.296. The van der Waals surface area contributed by atoms with E-state index in [1.807, 2.05) is 42.5 Å². The molecule has 0 aromatic heterocycles. The molecule has 0 atom stereocenters. The number of esters is 1. The summed E-state index contributed by atoms with van der Waals surface area (Å²) in [4.78, 5) is 11.6. The smallest absolute Gasteiger partial charge is 0.306 e. The summed E-state index contributed by atoms with van der Waals surface area (Å²) in [6, 6.07) is 17.2. The summed E-state index contributed by atoms with van der Waals surface area (Å²) in [5, 5.41) is 0.680. The van der Waals surface area contributed by atoms with E-state index >= 15 is 0 Å². The van der Waals surface area contributed by atoms with Crippen molar-refractivity contribution in [2.24, 2.45) is 0 Å². The van der Waals surface area contributed by atoms with E-state index in [-0.39, 0.29) is 5.97 Å². The van der Waals surface area contributed by atoms with E-state index in [0.717, 1.165) is 11.1 Å². The summed E-state index contributed by atoms with van der Waals surface area (Å²) in [6.07, 6.45) is 1.11. The highest BCUT2D eigenvalue weighted by Gasteiger charge is 2.04. The highest BCUT2D eigenvalue weighted by Crippen LogP contribution is 2.11. The van der Waals surface area contributed by atoms with Crippen molar-refractivity contribution >= 4 is 17.6 Å². The van der Waals surface area contributed by atoms with E-state index in [4.69, 9.17) is 16.3 Å². The van der Waals surface area contributed by atoms with Crippen molar-refractivity contribution in [3.8, 4) is 0 Å². The molecule has 0 radical (unpaired) electrons. The summed E-state index contributed by atoms with van der Waals surface area (Å²) in [5.74, 6) is -0.182. The maximum absolute atomic E-state index is 11.6. The summed E-state index contributed by atoms with van der Waals surface area (Å²) < 4.78 is 5.21. The molecule has 0 aliphatic rings. The van der Waals surface area contributed by atoms with E-state index in [2.05, 4.69) is 0 Å². The summed E-state index contributed by atoms with van der Waals surface area (Å²) in [7, 11) is 0. The Morgan fingerprint density at radius 2 is 1.63 bits per heavy atom. The van der Waals surface area contributed by atoms with Gasteiger partial charge in [-0.25, -0.2) is 0 Å². The molecular weight excluding hydrogens is 260 g/mol. The van der Waals surface area contributed by atoms with E-state index in [1.54, 1.807) is 12.1 Å². The van der Waals surface area contributed by atoms with Gasteiger partial charge in [0.2, 0.25) is 0 Å². The molecule has 0 amide bonds. The van der Waals surface area contributed by atoms with Gasteiger partial charge in [-0.05, 0) is 29.7 Å². The minimum Gasteiger partial charge on any atom is -0.461 e. The topological polar surface area (TPSA) is 26.3 Å². The second-order valence-corrected chi connectivity index (χ2v) is 4.71. The average Bonchev–Trinajstić information content (AvgIpc) is 2.45. The summed E-state index contributed by atoms with van der Waals surface area (Å²) >= 11 is 5.78. The fourth-order valence-corrected chi connectivity index (χ4v) is 1.83. The molecule has 0 saturated carbocycles. The lowest BCUT2D eigenvalue weighted by molar-refractivity contribution is -0.144. The number of carbonyl (C=O) groups is 1. The minimum absolute atomic E-state index is 0.182. The minimum atomic E-state index is -0.182. The van der Waals surface area contributed by atoms with Crippen LogP contribution in [0.3, 0.4) is 0 Å². The van der Waals surface area contributed by atoms with E-state index in [1.165, 1.54) is 0 Å². The van der Waals surface area contributed by atoms with Gasteiger partial charge in [-0.15, -0.1) is 0 Å². The van der Waals surface area contributed by atoms with Crippen LogP contribution in [0.15, 0.2) is 54.6 Å². The quantitative estimate of drug-likeness (QED) is 0.770. The van der Waals surface area contributed by atoms with Gasteiger partial charge >= 0.3 is 5.97 Å². The van der Waals surface area contributed by atoms with Gasteiger partial charge in [0.25, 0.3) is 0 Å². The van der Waals surface area contributed by atoms with Crippen LogP contribution in [0, 0.1) is 0 Å². The second-order valence-electron chi connectivity index (χ2n) is 4.27. The zero-order valence-electron chi connectivity index (χ0n) is 10.5. The molecule has 0 spiro atoms. The molecule has 98 valence electrons. The Hall–Kier alpha value is -1.80. The number of aryl methyl sites for hydroxylation is 1. The number of rotatable bonds is 5. The molecule has 2 rings (SSSR count). The molecule has 0 bridgehead atoms. The van der Waals surface area contributed by atoms with Crippen LogP contribution >= 0.6 is 11.6 Å². The van der Waals surface area contributed by atoms with Crippen LogP contribution in [-0.4, -0.2) is 5.97 Å². The zero-order valence-corrected chi connectivity index (χ0v) is 11.3. The molecular formula is C16H15ClO2. The van der Waals surface area contributed by atoms with Crippen molar-refractivity contribution in [1.82, 2.24) is 0 Å². The van der Waals surface area contributed by atoms with Gasteiger partial charge in [-0.3, -0.25) is 4.79 Å². The van der Waals surface area contributed by atoms with Gasteiger partial charge < -0.3 is 4.74 Å². The van der Waals surface area contributed by atoms with Gasteiger partial charge in [-0.1, -0.05) is 54.1 Å². The van der Waals surface area contributed by atoms with Crippen molar-refractivity contribution in [2.75, 3.05) is 0 Å². The Kier molecular flexibility index (Phi) is 4.99. The molecule has 3 heteroatoms. The second kappa shape index (κ2) is 6.95. The Morgan fingerprint density at radius 1 is 0.947 bits per heavy atom. The van der Waals surface area contributed by atoms with Crippen molar-refractivity contribution in [3.63, 3.8) is 0 Å². The first-order chi connectivity index (χ1) is 9.24. The van der Waals surface area contributed by atoms with E-state index in [9.17, 15) is 4.79 Å².